The molecular weight excluding hydrogens is 649 g/mol. The highest BCUT2D eigenvalue weighted by Crippen LogP contribution is 2.42. The molecule has 0 N–H and O–H groups in total. The van der Waals surface area contributed by atoms with Gasteiger partial charge in [0.05, 0.1) is 23.2 Å². The summed E-state index contributed by atoms with van der Waals surface area (Å²) in [5, 5.41) is 0. The van der Waals surface area contributed by atoms with Crippen LogP contribution in [0.2, 0.25) is 0 Å². The van der Waals surface area contributed by atoms with E-state index in [2.05, 4.69) is 49.6 Å². The van der Waals surface area contributed by atoms with Crippen molar-refractivity contribution in [2.75, 3.05) is 51.0 Å². The molecule has 0 radical (unpaired) electrons. The Hall–Kier alpha value is 0.0600. The zero-order valence-corrected chi connectivity index (χ0v) is 32.0. The zero-order valence-electron chi connectivity index (χ0n) is 27.1. The minimum atomic E-state index is 0.163. The van der Waals surface area contributed by atoms with Gasteiger partial charge < -0.3 is 19.3 Å². The van der Waals surface area contributed by atoms with Crippen molar-refractivity contribution < 1.29 is 9.47 Å². The molecule has 0 aromatic rings. The second kappa shape index (κ2) is 17.8. The molecule has 4 heterocycles. The quantitative estimate of drug-likeness (QED) is 0.114. The minimum Gasteiger partial charge on any atom is -0.379 e. The lowest BCUT2D eigenvalue weighted by molar-refractivity contribution is 0.0252. The molecule has 242 valence electrons. The molecule has 0 aromatic carbocycles. The lowest BCUT2D eigenvalue weighted by atomic mass is 9.80. The van der Waals surface area contributed by atoms with Crippen molar-refractivity contribution in [1.82, 2.24) is 9.80 Å². The van der Waals surface area contributed by atoms with Crippen molar-refractivity contribution in [2.45, 2.75) is 86.5 Å². The first-order chi connectivity index (χ1) is 20.5. The molecule has 0 saturated carbocycles. The molecule has 0 aromatic heterocycles. The van der Waals surface area contributed by atoms with Crippen LogP contribution in [0.5, 0.6) is 0 Å². The summed E-state index contributed by atoms with van der Waals surface area (Å²) in [4.78, 5) is 11.0. The van der Waals surface area contributed by atoms with Crippen molar-refractivity contribution in [2.24, 2.45) is 22.7 Å². The van der Waals surface area contributed by atoms with E-state index in [-0.39, 0.29) is 10.8 Å². The summed E-state index contributed by atoms with van der Waals surface area (Å²) in [5.41, 5.74) is 0.369. The number of thioether (sulfide) groups is 2. The van der Waals surface area contributed by atoms with Gasteiger partial charge >= 0.3 is 0 Å². The second-order valence-electron chi connectivity index (χ2n) is 12.7. The van der Waals surface area contributed by atoms with E-state index in [4.69, 9.17) is 58.3 Å². The van der Waals surface area contributed by atoms with Gasteiger partial charge in [0.15, 0.2) is 0 Å². The number of thiocarbonyl (C=S) groups is 4. The van der Waals surface area contributed by atoms with Crippen LogP contribution in [0.4, 0.5) is 0 Å². The van der Waals surface area contributed by atoms with Gasteiger partial charge in [0, 0.05) is 38.1 Å². The fourth-order valence-electron chi connectivity index (χ4n) is 5.67. The van der Waals surface area contributed by atoms with E-state index in [1.54, 1.807) is 0 Å². The van der Waals surface area contributed by atoms with Crippen LogP contribution in [-0.4, -0.2) is 80.8 Å². The highest BCUT2D eigenvalue weighted by Gasteiger charge is 2.36. The van der Waals surface area contributed by atoms with E-state index < -0.39 is 0 Å². The molecule has 2 saturated heterocycles. The third kappa shape index (κ3) is 10.5. The van der Waals surface area contributed by atoms with Crippen molar-refractivity contribution in [3.8, 4) is 0 Å². The van der Waals surface area contributed by atoms with Crippen LogP contribution >= 0.6 is 72.4 Å². The third-order valence-electron chi connectivity index (χ3n) is 9.18. The lowest BCUT2D eigenvalue weighted by Gasteiger charge is -2.36. The van der Waals surface area contributed by atoms with Crippen molar-refractivity contribution in [3.63, 3.8) is 0 Å². The van der Waals surface area contributed by atoms with Crippen molar-refractivity contribution in [3.05, 3.63) is 22.0 Å². The molecule has 2 fully saturated rings. The van der Waals surface area contributed by atoms with Crippen LogP contribution < -0.4 is 0 Å². The zero-order chi connectivity index (χ0) is 31.6. The number of nitrogens with zero attached hydrogens (tertiary/aromatic N) is 2. The molecule has 4 aliphatic rings. The molecule has 10 heteroatoms. The van der Waals surface area contributed by atoms with Gasteiger partial charge in [-0.1, -0.05) is 96.8 Å². The fourth-order valence-corrected chi connectivity index (χ4v) is 10.0. The maximum atomic E-state index is 5.99. The van der Waals surface area contributed by atoms with E-state index in [1.807, 2.05) is 37.4 Å². The molecule has 3 unspecified atom stereocenters. The molecule has 43 heavy (non-hydrogen) atoms. The van der Waals surface area contributed by atoms with Gasteiger partial charge in [-0.15, -0.1) is 23.5 Å². The van der Waals surface area contributed by atoms with Gasteiger partial charge in [-0.25, -0.2) is 0 Å². The average molecular weight is 701 g/mol. The van der Waals surface area contributed by atoms with Gasteiger partial charge in [-0.05, 0) is 82.8 Å². The summed E-state index contributed by atoms with van der Waals surface area (Å²) in [6.07, 6.45) is 11.9. The van der Waals surface area contributed by atoms with Gasteiger partial charge in [0.25, 0.3) is 0 Å². The Balaban J connectivity index is 0.00000248. The number of hydrogen-bond donors (Lipinski definition) is 0. The van der Waals surface area contributed by atoms with Crippen molar-refractivity contribution in [1.29, 1.82) is 0 Å². The van der Waals surface area contributed by atoms with E-state index in [1.165, 1.54) is 9.81 Å². The normalized spacial score (nSPS) is 23.4. The number of rotatable bonds is 16. The van der Waals surface area contributed by atoms with Crippen LogP contribution in [0.25, 0.3) is 0 Å². The van der Waals surface area contributed by atoms with Gasteiger partial charge in [-0.3, -0.25) is 0 Å². The second-order valence-corrected chi connectivity index (χ2v) is 16.7. The first-order valence-electron chi connectivity index (χ1n) is 16.1. The number of fused-ring (bicyclic) bond motifs is 2. The maximum Gasteiger partial charge on any atom is 0.107 e. The smallest absolute Gasteiger partial charge is 0.107 e. The average Bonchev–Trinajstić information content (AvgIpc) is 3.65. The first kappa shape index (κ1) is 37.5. The van der Waals surface area contributed by atoms with Gasteiger partial charge in [-0.2, -0.15) is 0 Å². The summed E-state index contributed by atoms with van der Waals surface area (Å²) in [5.74, 6) is 3.12. The summed E-state index contributed by atoms with van der Waals surface area (Å²) < 4.78 is 12.0. The van der Waals surface area contributed by atoms with E-state index in [0.29, 0.717) is 25.0 Å². The van der Waals surface area contributed by atoms with Crippen LogP contribution in [0.1, 0.15) is 86.5 Å². The molecule has 0 amide bonds. The summed E-state index contributed by atoms with van der Waals surface area (Å²) in [6, 6.07) is 0. The number of hydrogen-bond acceptors (Lipinski definition) is 8. The molecule has 0 aliphatic carbocycles. The standard InChI is InChI=1S/C31H46N2O2S6.C2H6/c1-5-31(4,9-13-33-27(37)21-25-23(29(33)39)7-19-41-25)11-15-35-17-16-34-14-10-30(2,3)8-12-32-26(36)20-24-22(28(32)38)6-18-40-24;1-2/h20-23H,5-19H2,1-4H3;1-2H3. The van der Waals surface area contributed by atoms with Crippen LogP contribution in [0.15, 0.2) is 22.0 Å². The molecule has 4 rings (SSSR count). The Kier molecular flexibility index (Phi) is 15.6. The largest absolute Gasteiger partial charge is 0.379 e. The monoisotopic (exact) mass is 700 g/mol. The van der Waals surface area contributed by atoms with E-state index >= 15 is 0 Å². The van der Waals surface area contributed by atoms with Crippen LogP contribution in [-0.2, 0) is 9.47 Å². The number of ether oxygens (including phenoxy) is 2. The maximum absolute atomic E-state index is 5.99. The van der Waals surface area contributed by atoms with Crippen LogP contribution in [0, 0.1) is 22.7 Å². The fraction of sp³-hybridized carbons (Fsp3) is 0.758. The topological polar surface area (TPSA) is 24.9 Å². The highest BCUT2D eigenvalue weighted by atomic mass is 32.2. The first-order valence-corrected chi connectivity index (χ1v) is 19.7. The van der Waals surface area contributed by atoms with Gasteiger partial charge in [0.2, 0.25) is 0 Å². The minimum absolute atomic E-state index is 0.163. The Bertz CT molecular complexity index is 1070. The molecule has 0 spiro atoms. The summed E-state index contributed by atoms with van der Waals surface area (Å²) in [7, 11) is 0. The molecular formula is C33H52N2O2S6. The van der Waals surface area contributed by atoms with Crippen LogP contribution in [0.3, 0.4) is 0 Å². The lowest BCUT2D eigenvalue weighted by Crippen LogP contribution is -2.42. The Morgan fingerprint density at radius 2 is 1.19 bits per heavy atom. The predicted molar refractivity (Wildman–Crippen MR) is 205 cm³/mol. The molecule has 0 bridgehead atoms. The Morgan fingerprint density at radius 1 is 0.721 bits per heavy atom. The SMILES string of the molecule is CC.CCC(C)(CCOCCOCCC(C)(C)CCN1C(=S)C=C2SCCC2C1=S)CCN1C(=S)C=C2SCCC2C1=S. The highest BCUT2D eigenvalue weighted by molar-refractivity contribution is 8.03. The Labute approximate surface area is 291 Å². The predicted octanol–water partition coefficient (Wildman–Crippen LogP) is 9.26. The summed E-state index contributed by atoms with van der Waals surface area (Å²) >= 11 is 26.9. The Morgan fingerprint density at radius 3 is 1.67 bits per heavy atom. The third-order valence-corrected chi connectivity index (χ3v) is 13.2. The molecule has 3 atom stereocenters. The van der Waals surface area contributed by atoms with Crippen molar-refractivity contribution >= 4 is 92.3 Å². The molecule has 4 nitrogen and oxygen atoms in total. The summed E-state index contributed by atoms with van der Waals surface area (Å²) in [6.45, 7) is 17.8. The van der Waals surface area contributed by atoms with E-state index in [0.717, 1.165) is 103 Å². The molecule has 4 aliphatic heterocycles. The van der Waals surface area contributed by atoms with E-state index in [9.17, 15) is 0 Å². The van der Waals surface area contributed by atoms with Gasteiger partial charge in [0.1, 0.15) is 9.98 Å².